The maximum absolute atomic E-state index is 12.1. The van der Waals surface area contributed by atoms with Crippen LogP contribution < -0.4 is 16.4 Å². The van der Waals surface area contributed by atoms with Gasteiger partial charge in [-0.15, -0.1) is 24.0 Å². The van der Waals surface area contributed by atoms with Gasteiger partial charge in [0.25, 0.3) is 5.91 Å². The van der Waals surface area contributed by atoms with Gasteiger partial charge in [-0.25, -0.2) is 4.99 Å². The van der Waals surface area contributed by atoms with E-state index < -0.39 is 0 Å². The smallest absolute Gasteiger partial charge is 0.251 e. The predicted molar refractivity (Wildman–Crippen MR) is 126 cm³/mol. The summed E-state index contributed by atoms with van der Waals surface area (Å²) in [4.78, 5) is 16.5. The Bertz CT molecular complexity index is 572. The Hall–Kier alpha value is -1.31. The number of benzene rings is 1. The lowest BCUT2D eigenvalue weighted by Crippen LogP contribution is -2.38. The Labute approximate surface area is 182 Å². The van der Waals surface area contributed by atoms with Crippen molar-refractivity contribution in [3.8, 4) is 0 Å². The van der Waals surface area contributed by atoms with Crippen LogP contribution in [0, 0.1) is 5.92 Å². The summed E-state index contributed by atoms with van der Waals surface area (Å²) in [5, 5.41) is 6.21. The molecule has 0 aliphatic carbocycles. The molecule has 1 aromatic rings. The Morgan fingerprint density at radius 2 is 1.67 bits per heavy atom. The number of rotatable bonds is 10. The molecule has 2 atom stereocenters. The van der Waals surface area contributed by atoms with Crippen molar-refractivity contribution in [3.63, 3.8) is 0 Å². The number of carbonyl (C=O) groups excluding carboxylic acids is 1. The summed E-state index contributed by atoms with van der Waals surface area (Å²) in [6, 6.07) is 8.02. The minimum Gasteiger partial charge on any atom is -0.370 e. The molecule has 1 amide bonds. The van der Waals surface area contributed by atoms with Crippen molar-refractivity contribution >= 4 is 35.8 Å². The number of nitrogens with one attached hydrogen (secondary N) is 2. The number of hydrogen-bond donors (Lipinski definition) is 3. The Kier molecular flexibility index (Phi) is 13.1. The molecular formula is C21H37IN4O. The average molecular weight is 488 g/mol. The van der Waals surface area contributed by atoms with Gasteiger partial charge in [-0.05, 0) is 50.3 Å². The summed E-state index contributed by atoms with van der Waals surface area (Å²) in [6.07, 6.45) is 4.44. The van der Waals surface area contributed by atoms with Crippen LogP contribution >= 0.6 is 24.0 Å². The fourth-order valence-corrected chi connectivity index (χ4v) is 2.55. The number of aliphatic imine (C=N–C) groups is 1. The van der Waals surface area contributed by atoms with E-state index in [0.717, 1.165) is 24.3 Å². The van der Waals surface area contributed by atoms with Gasteiger partial charge in [0.05, 0.1) is 6.54 Å². The monoisotopic (exact) mass is 488 g/mol. The molecule has 2 unspecified atom stereocenters. The van der Waals surface area contributed by atoms with Gasteiger partial charge in [-0.2, -0.15) is 0 Å². The zero-order valence-corrected chi connectivity index (χ0v) is 19.7. The van der Waals surface area contributed by atoms with Crippen molar-refractivity contribution in [2.75, 3.05) is 0 Å². The van der Waals surface area contributed by atoms with Gasteiger partial charge in [-0.3, -0.25) is 4.79 Å². The molecule has 27 heavy (non-hydrogen) atoms. The molecule has 0 heterocycles. The third kappa shape index (κ3) is 11.2. The normalized spacial score (nSPS) is 13.6. The van der Waals surface area contributed by atoms with Crippen LogP contribution in [0.1, 0.15) is 76.2 Å². The van der Waals surface area contributed by atoms with E-state index in [9.17, 15) is 4.79 Å². The molecule has 0 bridgehead atoms. The first kappa shape index (κ1) is 25.7. The lowest BCUT2D eigenvalue weighted by Gasteiger charge is -2.15. The first-order chi connectivity index (χ1) is 12.3. The van der Waals surface area contributed by atoms with Gasteiger partial charge in [-0.1, -0.05) is 45.7 Å². The van der Waals surface area contributed by atoms with Crippen LogP contribution in [0.5, 0.6) is 0 Å². The van der Waals surface area contributed by atoms with Crippen LogP contribution in [-0.4, -0.2) is 24.0 Å². The molecular weight excluding hydrogens is 451 g/mol. The zero-order chi connectivity index (χ0) is 19.5. The quantitative estimate of drug-likeness (QED) is 0.259. The van der Waals surface area contributed by atoms with E-state index in [2.05, 4.69) is 43.3 Å². The van der Waals surface area contributed by atoms with E-state index in [1.165, 1.54) is 12.8 Å². The molecule has 0 aliphatic heterocycles. The van der Waals surface area contributed by atoms with E-state index in [4.69, 9.17) is 5.73 Å². The molecule has 5 nitrogen and oxygen atoms in total. The minimum absolute atomic E-state index is 0. The van der Waals surface area contributed by atoms with Gasteiger partial charge in [0, 0.05) is 17.6 Å². The second-order valence-electron chi connectivity index (χ2n) is 7.55. The second kappa shape index (κ2) is 13.8. The van der Waals surface area contributed by atoms with Crippen molar-refractivity contribution in [1.82, 2.24) is 10.6 Å². The van der Waals surface area contributed by atoms with Crippen molar-refractivity contribution in [1.29, 1.82) is 0 Å². The molecule has 0 saturated carbocycles. The molecule has 1 aromatic carbocycles. The highest BCUT2D eigenvalue weighted by Gasteiger charge is 2.08. The zero-order valence-electron chi connectivity index (χ0n) is 17.4. The summed E-state index contributed by atoms with van der Waals surface area (Å²) in [6.45, 7) is 11.2. The molecule has 0 aliphatic rings. The number of guanidine groups is 1. The minimum atomic E-state index is -0.0363. The largest absolute Gasteiger partial charge is 0.370 e. The molecule has 1 rings (SSSR count). The van der Waals surface area contributed by atoms with Crippen molar-refractivity contribution in [2.45, 2.75) is 78.9 Å². The maximum Gasteiger partial charge on any atom is 0.251 e. The second-order valence-corrected chi connectivity index (χ2v) is 7.55. The number of hydrogen-bond acceptors (Lipinski definition) is 2. The molecule has 154 valence electrons. The van der Waals surface area contributed by atoms with E-state index in [1.54, 1.807) is 0 Å². The molecule has 0 aromatic heterocycles. The van der Waals surface area contributed by atoms with Gasteiger partial charge >= 0.3 is 0 Å². The molecule has 0 fully saturated rings. The molecule has 4 N–H and O–H groups in total. The highest BCUT2D eigenvalue weighted by Crippen LogP contribution is 2.09. The summed E-state index contributed by atoms with van der Waals surface area (Å²) >= 11 is 0. The van der Waals surface area contributed by atoms with Gasteiger partial charge < -0.3 is 16.4 Å². The first-order valence-electron chi connectivity index (χ1n) is 9.78. The standard InChI is InChI=1S/C21H36N4O.HI/c1-6-16(4)24-20(26)19-12-10-18(11-13-19)14-23-21(22)25-17(5)9-7-8-15(2)3;/h10-13,15-17H,6-9,14H2,1-5H3,(H,24,26)(H3,22,23,25);1H. The van der Waals surface area contributed by atoms with E-state index in [0.29, 0.717) is 24.1 Å². The van der Waals surface area contributed by atoms with Gasteiger partial charge in [0.2, 0.25) is 0 Å². The van der Waals surface area contributed by atoms with E-state index in [-0.39, 0.29) is 35.9 Å². The number of carbonyl (C=O) groups is 1. The highest BCUT2D eigenvalue weighted by atomic mass is 127. The van der Waals surface area contributed by atoms with Crippen LogP contribution in [0.3, 0.4) is 0 Å². The third-order valence-electron chi connectivity index (χ3n) is 4.45. The topological polar surface area (TPSA) is 79.5 Å². The summed E-state index contributed by atoms with van der Waals surface area (Å²) in [5.41, 5.74) is 7.68. The Morgan fingerprint density at radius 3 is 2.22 bits per heavy atom. The molecule has 6 heteroatoms. The van der Waals surface area contributed by atoms with Crippen molar-refractivity contribution in [3.05, 3.63) is 35.4 Å². The van der Waals surface area contributed by atoms with Crippen LogP contribution in [0.2, 0.25) is 0 Å². The van der Waals surface area contributed by atoms with Crippen LogP contribution in [0.25, 0.3) is 0 Å². The first-order valence-corrected chi connectivity index (χ1v) is 9.78. The predicted octanol–water partition coefficient (Wildman–Crippen LogP) is 4.45. The Balaban J connectivity index is 0.00000676. The van der Waals surface area contributed by atoms with E-state index in [1.807, 2.05) is 31.2 Å². The Morgan fingerprint density at radius 1 is 1.04 bits per heavy atom. The van der Waals surface area contributed by atoms with Crippen molar-refractivity contribution in [2.24, 2.45) is 16.6 Å². The lowest BCUT2D eigenvalue weighted by atomic mass is 10.0. The number of amides is 1. The summed E-state index contributed by atoms with van der Waals surface area (Å²) in [5.74, 6) is 1.18. The summed E-state index contributed by atoms with van der Waals surface area (Å²) in [7, 11) is 0. The van der Waals surface area contributed by atoms with Crippen LogP contribution in [-0.2, 0) is 6.54 Å². The number of halogens is 1. The highest BCUT2D eigenvalue weighted by molar-refractivity contribution is 14.0. The van der Waals surface area contributed by atoms with Crippen LogP contribution in [0.4, 0.5) is 0 Å². The molecule has 0 spiro atoms. The lowest BCUT2D eigenvalue weighted by molar-refractivity contribution is 0.0939. The SMILES string of the molecule is CCC(C)NC(=O)c1ccc(CN=C(N)NC(C)CCCC(C)C)cc1.I. The van der Waals surface area contributed by atoms with Gasteiger partial charge in [0.1, 0.15) is 0 Å². The van der Waals surface area contributed by atoms with Crippen LogP contribution in [0.15, 0.2) is 29.3 Å². The molecule has 0 radical (unpaired) electrons. The number of nitrogens with zero attached hydrogens (tertiary/aromatic N) is 1. The summed E-state index contributed by atoms with van der Waals surface area (Å²) < 4.78 is 0. The number of nitrogens with two attached hydrogens (primary N) is 1. The molecule has 0 saturated heterocycles. The van der Waals surface area contributed by atoms with Crippen molar-refractivity contribution < 1.29 is 4.79 Å². The maximum atomic E-state index is 12.1. The third-order valence-corrected chi connectivity index (χ3v) is 4.45. The van der Waals surface area contributed by atoms with Gasteiger partial charge in [0.15, 0.2) is 5.96 Å². The average Bonchev–Trinajstić information content (AvgIpc) is 2.59. The van der Waals surface area contributed by atoms with E-state index >= 15 is 0 Å². The fourth-order valence-electron chi connectivity index (χ4n) is 2.55. The fraction of sp³-hybridized carbons (Fsp3) is 0.619.